The van der Waals surface area contributed by atoms with Crippen molar-refractivity contribution in [3.63, 3.8) is 0 Å². The summed E-state index contributed by atoms with van der Waals surface area (Å²) in [5.41, 5.74) is 2.25. The van der Waals surface area contributed by atoms with Gasteiger partial charge in [-0.3, -0.25) is 9.59 Å². The molecule has 3 aromatic rings. The van der Waals surface area contributed by atoms with E-state index in [0.29, 0.717) is 22.2 Å². The molecule has 4 rings (SSSR count). The van der Waals surface area contributed by atoms with Crippen molar-refractivity contribution in [2.45, 2.75) is 16.6 Å². The zero-order valence-corrected chi connectivity index (χ0v) is 19.8. The minimum absolute atomic E-state index is 0.0957. The number of rotatable bonds is 6. The molecule has 1 atom stereocenters. The number of halogens is 1. The zero-order chi connectivity index (χ0) is 23.4. The van der Waals surface area contributed by atoms with Crippen molar-refractivity contribution in [1.82, 2.24) is 0 Å². The van der Waals surface area contributed by atoms with Gasteiger partial charge in [-0.25, -0.2) is 0 Å². The Kier molecular flexibility index (Phi) is 7.11. The third-order valence-corrected chi connectivity index (χ3v) is 6.83. The van der Waals surface area contributed by atoms with E-state index in [4.69, 9.17) is 21.1 Å². The summed E-state index contributed by atoms with van der Waals surface area (Å²) >= 11 is 7.61. The third-order valence-electron chi connectivity index (χ3n) is 5.28. The molecule has 2 amide bonds. The second-order valence-corrected chi connectivity index (χ2v) is 9.11. The molecule has 1 unspecified atom stereocenters. The molecule has 6 nitrogen and oxygen atoms in total. The van der Waals surface area contributed by atoms with Gasteiger partial charge in [0.2, 0.25) is 11.8 Å². The summed E-state index contributed by atoms with van der Waals surface area (Å²) in [5, 5.41) is 3.20. The molecule has 170 valence electrons. The molecule has 0 radical (unpaired) electrons. The van der Waals surface area contributed by atoms with Crippen LogP contribution < -0.4 is 19.7 Å². The predicted molar refractivity (Wildman–Crippen MR) is 132 cm³/mol. The second-order valence-electron chi connectivity index (χ2n) is 7.43. The van der Waals surface area contributed by atoms with Gasteiger partial charge in [-0.2, -0.15) is 0 Å². The summed E-state index contributed by atoms with van der Waals surface area (Å²) in [6.45, 7) is -0.0957. The Morgan fingerprint density at radius 1 is 1.06 bits per heavy atom. The molecule has 0 bridgehead atoms. The number of nitrogens with zero attached hydrogens (tertiary/aromatic N) is 1. The van der Waals surface area contributed by atoms with E-state index < -0.39 is 0 Å². The zero-order valence-electron chi connectivity index (χ0n) is 18.2. The average molecular weight is 483 g/mol. The van der Waals surface area contributed by atoms with E-state index in [0.717, 1.165) is 16.1 Å². The highest BCUT2D eigenvalue weighted by atomic mass is 35.5. The van der Waals surface area contributed by atoms with Crippen molar-refractivity contribution < 1.29 is 19.1 Å². The number of para-hydroxylation sites is 1. The van der Waals surface area contributed by atoms with E-state index in [9.17, 15) is 9.59 Å². The van der Waals surface area contributed by atoms with E-state index >= 15 is 0 Å². The van der Waals surface area contributed by atoms with Gasteiger partial charge in [-0.15, -0.1) is 11.8 Å². The van der Waals surface area contributed by atoms with E-state index in [1.54, 1.807) is 55.1 Å². The molecule has 0 aliphatic carbocycles. The summed E-state index contributed by atoms with van der Waals surface area (Å²) in [6.07, 6.45) is 0.235. The lowest BCUT2D eigenvalue weighted by molar-refractivity contribution is -0.121. The highest BCUT2D eigenvalue weighted by molar-refractivity contribution is 7.99. The summed E-state index contributed by atoms with van der Waals surface area (Å²) in [7, 11) is 3.17. The SMILES string of the molecule is COc1ccc(C2CC(=O)N(CC(=O)Nc3cccc(Cl)c3)c3ccccc3S2)cc1OC. The van der Waals surface area contributed by atoms with Crippen LogP contribution >= 0.6 is 23.4 Å². The van der Waals surface area contributed by atoms with Crippen LogP contribution in [0.2, 0.25) is 5.02 Å². The second kappa shape index (κ2) is 10.2. The number of amides is 2. The smallest absolute Gasteiger partial charge is 0.244 e. The summed E-state index contributed by atoms with van der Waals surface area (Å²) in [5.74, 6) is 0.813. The summed E-state index contributed by atoms with van der Waals surface area (Å²) in [4.78, 5) is 28.6. The molecule has 0 fully saturated rings. The van der Waals surface area contributed by atoms with E-state index in [1.807, 2.05) is 42.5 Å². The van der Waals surface area contributed by atoms with Gasteiger partial charge >= 0.3 is 0 Å². The van der Waals surface area contributed by atoms with Crippen LogP contribution in [0.15, 0.2) is 71.6 Å². The van der Waals surface area contributed by atoms with Crippen LogP contribution in [0.5, 0.6) is 11.5 Å². The summed E-state index contributed by atoms with van der Waals surface area (Å²) in [6, 6.07) is 20.2. The molecule has 3 aromatic carbocycles. The van der Waals surface area contributed by atoms with Gasteiger partial charge in [0, 0.05) is 27.3 Å². The summed E-state index contributed by atoms with van der Waals surface area (Å²) < 4.78 is 10.8. The number of methoxy groups -OCH3 is 2. The Balaban J connectivity index is 1.60. The van der Waals surface area contributed by atoms with Crippen molar-refractivity contribution >= 4 is 46.6 Å². The maximum Gasteiger partial charge on any atom is 0.244 e. The van der Waals surface area contributed by atoms with E-state index in [-0.39, 0.29) is 30.0 Å². The Morgan fingerprint density at radius 3 is 2.61 bits per heavy atom. The number of fused-ring (bicyclic) bond motifs is 1. The largest absolute Gasteiger partial charge is 0.493 e. The standard InChI is InChI=1S/C25H23ClN2O4S/c1-31-20-11-10-16(12-21(20)32-2)23-14-25(30)28(19-8-3-4-9-22(19)33-23)15-24(29)27-18-7-5-6-17(26)13-18/h3-13,23H,14-15H2,1-2H3,(H,27,29). The number of hydrogen-bond acceptors (Lipinski definition) is 5. The number of nitrogens with one attached hydrogen (secondary N) is 1. The molecular formula is C25H23ClN2O4S. The topological polar surface area (TPSA) is 67.9 Å². The lowest BCUT2D eigenvalue weighted by Gasteiger charge is -2.22. The molecule has 8 heteroatoms. The number of benzene rings is 3. The van der Waals surface area contributed by atoms with Gasteiger partial charge in [0.15, 0.2) is 11.5 Å². The fourth-order valence-electron chi connectivity index (χ4n) is 3.70. The number of carbonyl (C=O) groups is 2. The van der Waals surface area contributed by atoms with E-state index in [2.05, 4.69) is 5.32 Å². The molecule has 1 aliphatic rings. The monoisotopic (exact) mass is 482 g/mol. The highest BCUT2D eigenvalue weighted by Gasteiger charge is 2.30. The molecule has 1 N–H and O–H groups in total. The van der Waals surface area contributed by atoms with Gasteiger partial charge < -0.3 is 19.7 Å². The number of anilines is 2. The highest BCUT2D eigenvalue weighted by Crippen LogP contribution is 2.46. The van der Waals surface area contributed by atoms with Crippen molar-refractivity contribution in [3.05, 3.63) is 77.3 Å². The Labute approximate surface area is 201 Å². The number of thioether (sulfide) groups is 1. The quantitative estimate of drug-likeness (QED) is 0.497. The molecular weight excluding hydrogens is 460 g/mol. The van der Waals surface area contributed by atoms with Gasteiger partial charge in [0.05, 0.1) is 19.9 Å². The van der Waals surface area contributed by atoms with Gasteiger partial charge in [0.25, 0.3) is 0 Å². The van der Waals surface area contributed by atoms with Crippen molar-refractivity contribution in [2.75, 3.05) is 31.0 Å². The minimum atomic E-state index is -0.296. The Morgan fingerprint density at radius 2 is 1.85 bits per heavy atom. The average Bonchev–Trinajstić information content (AvgIpc) is 2.95. The van der Waals surface area contributed by atoms with Crippen LogP contribution in [0.3, 0.4) is 0 Å². The van der Waals surface area contributed by atoms with Crippen molar-refractivity contribution in [2.24, 2.45) is 0 Å². The molecule has 0 saturated carbocycles. The first-order valence-corrected chi connectivity index (χ1v) is 11.6. The van der Waals surface area contributed by atoms with Crippen molar-refractivity contribution in [3.8, 4) is 11.5 Å². The van der Waals surface area contributed by atoms with Crippen LogP contribution in [0.4, 0.5) is 11.4 Å². The Hall–Kier alpha value is -3.16. The third kappa shape index (κ3) is 5.26. The number of carbonyl (C=O) groups excluding carboxylic acids is 2. The Bertz CT molecular complexity index is 1190. The molecule has 1 heterocycles. The maximum atomic E-state index is 13.3. The first-order chi connectivity index (χ1) is 16.0. The van der Waals surface area contributed by atoms with Gasteiger partial charge in [-0.05, 0) is 48.0 Å². The predicted octanol–water partition coefficient (Wildman–Crippen LogP) is 5.57. The fraction of sp³-hybridized carbons (Fsp3) is 0.200. The van der Waals surface area contributed by atoms with Gasteiger partial charge in [0.1, 0.15) is 6.54 Å². The lowest BCUT2D eigenvalue weighted by atomic mass is 10.1. The van der Waals surface area contributed by atoms with Crippen LogP contribution in [-0.4, -0.2) is 32.6 Å². The molecule has 0 spiro atoms. The normalized spacial score (nSPS) is 15.4. The number of ether oxygens (including phenoxy) is 2. The maximum absolute atomic E-state index is 13.3. The lowest BCUT2D eigenvalue weighted by Crippen LogP contribution is -2.38. The van der Waals surface area contributed by atoms with Crippen LogP contribution in [0.1, 0.15) is 17.2 Å². The molecule has 33 heavy (non-hydrogen) atoms. The van der Waals surface area contributed by atoms with Gasteiger partial charge in [-0.1, -0.05) is 35.9 Å². The molecule has 0 aromatic heterocycles. The fourth-order valence-corrected chi connectivity index (χ4v) is 5.16. The van der Waals surface area contributed by atoms with Crippen molar-refractivity contribution in [1.29, 1.82) is 0 Å². The minimum Gasteiger partial charge on any atom is -0.493 e. The van der Waals surface area contributed by atoms with E-state index in [1.165, 1.54) is 0 Å². The molecule has 1 aliphatic heterocycles. The van der Waals surface area contributed by atoms with Crippen LogP contribution in [0, 0.1) is 0 Å². The van der Waals surface area contributed by atoms with Crippen LogP contribution in [-0.2, 0) is 9.59 Å². The first kappa shape index (κ1) is 23.0. The number of hydrogen-bond donors (Lipinski definition) is 1. The van der Waals surface area contributed by atoms with Crippen LogP contribution in [0.25, 0.3) is 0 Å². The first-order valence-electron chi connectivity index (χ1n) is 10.3. The molecule has 0 saturated heterocycles.